The minimum atomic E-state index is -0.358. The van der Waals surface area contributed by atoms with Crippen LogP contribution in [0.15, 0.2) is 17.1 Å². The van der Waals surface area contributed by atoms with Gasteiger partial charge in [-0.25, -0.2) is 4.79 Å². The largest absolute Gasteiger partial charge is 0.494 e. The smallest absolute Gasteiger partial charge is 0.324 e. The number of benzene rings is 1. The lowest BCUT2D eigenvalue weighted by atomic mass is 10.1. The monoisotopic (exact) mass is 517 g/mol. The van der Waals surface area contributed by atoms with Crippen LogP contribution in [0.25, 0.3) is 0 Å². The number of ether oxygens (including phenoxy) is 2. The molecule has 9 nitrogen and oxygen atoms in total. The van der Waals surface area contributed by atoms with E-state index in [1.807, 2.05) is 19.1 Å². The number of nitrogens with one attached hydrogen (secondary N) is 3. The zero-order chi connectivity index (χ0) is 20.1. The van der Waals surface area contributed by atoms with E-state index in [0.29, 0.717) is 25.7 Å². The molecule has 10 heteroatoms. The number of carbonyl (C=O) groups is 2. The third-order valence-electron chi connectivity index (χ3n) is 4.61. The van der Waals surface area contributed by atoms with Gasteiger partial charge < -0.3 is 25.4 Å². The molecule has 0 radical (unpaired) electrons. The van der Waals surface area contributed by atoms with E-state index >= 15 is 0 Å². The predicted octanol–water partition coefficient (Wildman–Crippen LogP) is 1.24. The molecule has 0 spiro atoms. The Morgan fingerprint density at radius 2 is 2.17 bits per heavy atom. The standard InChI is InChI=1S/C19H27N5O4.HI/c1-4-27-15-8-13-7-12(2)28-16(13)9-14(15)10-22-18(20-3)21-5-6-24-17(25)11-23-19(24)26;/h8-9,12H,4-7,10-11H2,1-3H3,(H,23,26)(H2,20,21,22);1H. The third-order valence-corrected chi connectivity index (χ3v) is 4.61. The average molecular weight is 517 g/mol. The normalized spacial score (nSPS) is 18.0. The molecule has 0 saturated carbocycles. The number of hydrogen-bond donors (Lipinski definition) is 3. The van der Waals surface area contributed by atoms with Crippen LogP contribution in [-0.2, 0) is 17.8 Å². The maximum atomic E-state index is 11.6. The molecule has 160 valence electrons. The Hall–Kier alpha value is -2.24. The Labute approximate surface area is 187 Å². The van der Waals surface area contributed by atoms with Gasteiger partial charge in [-0.3, -0.25) is 14.7 Å². The topological polar surface area (TPSA) is 104 Å². The van der Waals surface area contributed by atoms with Crippen LogP contribution in [0.5, 0.6) is 11.5 Å². The highest BCUT2D eigenvalue weighted by Crippen LogP contribution is 2.35. The minimum Gasteiger partial charge on any atom is -0.494 e. The lowest BCUT2D eigenvalue weighted by Gasteiger charge is -2.17. The molecular formula is C19H28IN5O4. The van der Waals surface area contributed by atoms with Gasteiger partial charge in [0, 0.05) is 44.2 Å². The van der Waals surface area contributed by atoms with E-state index in [1.165, 1.54) is 4.90 Å². The van der Waals surface area contributed by atoms with Gasteiger partial charge in [0.15, 0.2) is 5.96 Å². The lowest BCUT2D eigenvalue weighted by molar-refractivity contribution is -0.124. The molecule has 1 unspecified atom stereocenters. The van der Waals surface area contributed by atoms with Crippen molar-refractivity contribution in [2.75, 3.05) is 33.3 Å². The summed E-state index contributed by atoms with van der Waals surface area (Å²) in [6.45, 7) is 5.84. The van der Waals surface area contributed by atoms with Gasteiger partial charge in [0.25, 0.3) is 0 Å². The average Bonchev–Trinajstić information content (AvgIpc) is 3.19. The summed E-state index contributed by atoms with van der Waals surface area (Å²) in [5.74, 6) is 2.09. The fourth-order valence-corrected chi connectivity index (χ4v) is 3.28. The molecule has 3 rings (SSSR count). The number of rotatable bonds is 7. The Balaban J connectivity index is 0.00000300. The minimum absolute atomic E-state index is 0. The number of amides is 3. The molecule has 2 aliphatic rings. The number of imide groups is 1. The van der Waals surface area contributed by atoms with Crippen LogP contribution < -0.4 is 25.4 Å². The third kappa shape index (κ3) is 5.64. The highest BCUT2D eigenvalue weighted by Gasteiger charge is 2.27. The Morgan fingerprint density at radius 1 is 1.38 bits per heavy atom. The van der Waals surface area contributed by atoms with Crippen molar-refractivity contribution >= 4 is 41.9 Å². The van der Waals surface area contributed by atoms with Gasteiger partial charge in [0.2, 0.25) is 5.91 Å². The second-order valence-electron chi connectivity index (χ2n) is 6.69. The Kier molecular flexibility index (Phi) is 8.35. The van der Waals surface area contributed by atoms with Crippen LogP contribution >= 0.6 is 24.0 Å². The quantitative estimate of drug-likeness (QED) is 0.218. The zero-order valence-corrected chi connectivity index (χ0v) is 19.2. The first-order valence-corrected chi connectivity index (χ1v) is 9.49. The van der Waals surface area contributed by atoms with Crippen LogP contribution in [0.4, 0.5) is 4.79 Å². The van der Waals surface area contributed by atoms with E-state index in [4.69, 9.17) is 9.47 Å². The van der Waals surface area contributed by atoms with Gasteiger partial charge in [0.1, 0.15) is 17.6 Å². The van der Waals surface area contributed by atoms with E-state index in [2.05, 4.69) is 27.9 Å². The zero-order valence-electron chi connectivity index (χ0n) is 16.9. The van der Waals surface area contributed by atoms with Crippen LogP contribution in [0.2, 0.25) is 0 Å². The van der Waals surface area contributed by atoms with Crippen molar-refractivity contribution in [2.24, 2.45) is 4.99 Å². The summed E-state index contributed by atoms with van der Waals surface area (Å²) < 4.78 is 11.6. The van der Waals surface area contributed by atoms with Gasteiger partial charge in [-0.15, -0.1) is 24.0 Å². The second kappa shape index (κ2) is 10.5. The molecule has 1 saturated heterocycles. The number of halogens is 1. The maximum absolute atomic E-state index is 11.6. The van der Waals surface area contributed by atoms with Crippen molar-refractivity contribution in [1.29, 1.82) is 0 Å². The number of hydrogen-bond acceptors (Lipinski definition) is 5. The molecule has 0 aliphatic carbocycles. The van der Waals surface area contributed by atoms with E-state index in [9.17, 15) is 9.59 Å². The molecule has 1 atom stereocenters. The lowest BCUT2D eigenvalue weighted by Crippen LogP contribution is -2.43. The van der Waals surface area contributed by atoms with Gasteiger partial charge in [0.05, 0.1) is 13.2 Å². The highest BCUT2D eigenvalue weighted by molar-refractivity contribution is 14.0. The summed E-state index contributed by atoms with van der Waals surface area (Å²) in [4.78, 5) is 28.5. The number of aliphatic imine (C=N–C) groups is 1. The molecule has 1 aromatic carbocycles. The first-order chi connectivity index (χ1) is 13.5. The summed E-state index contributed by atoms with van der Waals surface area (Å²) in [6.07, 6.45) is 1.06. The van der Waals surface area contributed by atoms with Crippen molar-refractivity contribution in [3.05, 3.63) is 23.3 Å². The summed E-state index contributed by atoms with van der Waals surface area (Å²) in [7, 11) is 1.67. The van der Waals surface area contributed by atoms with E-state index in [0.717, 1.165) is 29.0 Å². The molecule has 0 aromatic heterocycles. The fourth-order valence-electron chi connectivity index (χ4n) is 3.28. The molecule has 3 N–H and O–H groups in total. The molecule has 2 aliphatic heterocycles. The first kappa shape index (κ1) is 23.0. The molecule has 3 amide bonds. The van der Waals surface area contributed by atoms with Crippen LogP contribution in [0, 0.1) is 0 Å². The summed E-state index contributed by atoms with van der Waals surface area (Å²) in [5.41, 5.74) is 2.14. The summed E-state index contributed by atoms with van der Waals surface area (Å²) in [5, 5.41) is 8.84. The van der Waals surface area contributed by atoms with E-state index in [1.54, 1.807) is 7.05 Å². The predicted molar refractivity (Wildman–Crippen MR) is 120 cm³/mol. The van der Waals surface area contributed by atoms with E-state index < -0.39 is 0 Å². The number of guanidine groups is 1. The fraction of sp³-hybridized carbons (Fsp3) is 0.526. The number of carbonyl (C=O) groups excluding carboxylic acids is 2. The van der Waals surface area contributed by atoms with Gasteiger partial charge in [-0.05, 0) is 26.0 Å². The Morgan fingerprint density at radius 3 is 2.83 bits per heavy atom. The van der Waals surface area contributed by atoms with E-state index in [-0.39, 0.29) is 55.1 Å². The second-order valence-corrected chi connectivity index (χ2v) is 6.69. The molecule has 0 bridgehead atoms. The summed E-state index contributed by atoms with van der Waals surface area (Å²) >= 11 is 0. The van der Waals surface area contributed by atoms with Crippen LogP contribution in [0.3, 0.4) is 0 Å². The molecular weight excluding hydrogens is 489 g/mol. The van der Waals surface area contributed by atoms with Crippen molar-refractivity contribution in [1.82, 2.24) is 20.9 Å². The maximum Gasteiger partial charge on any atom is 0.324 e. The first-order valence-electron chi connectivity index (χ1n) is 9.49. The van der Waals surface area contributed by atoms with Gasteiger partial charge in [-0.2, -0.15) is 0 Å². The SMILES string of the molecule is CCOc1cc2c(cc1CNC(=NC)NCCN1C(=O)CNC1=O)OC(C)C2.I. The molecule has 1 aromatic rings. The number of fused-ring (bicyclic) bond motifs is 1. The Bertz CT molecular complexity index is 770. The number of urea groups is 1. The number of nitrogens with zero attached hydrogens (tertiary/aromatic N) is 2. The van der Waals surface area contributed by atoms with Crippen LogP contribution in [0.1, 0.15) is 25.0 Å². The highest BCUT2D eigenvalue weighted by atomic mass is 127. The van der Waals surface area contributed by atoms with Gasteiger partial charge >= 0.3 is 6.03 Å². The van der Waals surface area contributed by atoms with Crippen molar-refractivity contribution in [2.45, 2.75) is 32.9 Å². The van der Waals surface area contributed by atoms with Crippen LogP contribution in [-0.4, -0.2) is 62.2 Å². The summed E-state index contributed by atoms with van der Waals surface area (Å²) in [6, 6.07) is 3.70. The molecule has 1 fully saturated rings. The molecule has 29 heavy (non-hydrogen) atoms. The molecule has 2 heterocycles. The van der Waals surface area contributed by atoms with Crippen molar-refractivity contribution in [3.8, 4) is 11.5 Å². The van der Waals surface area contributed by atoms with Crippen molar-refractivity contribution in [3.63, 3.8) is 0 Å². The van der Waals surface area contributed by atoms with Crippen molar-refractivity contribution < 1.29 is 19.1 Å². The van der Waals surface area contributed by atoms with Gasteiger partial charge in [-0.1, -0.05) is 0 Å².